The average Bonchev–Trinajstić information content (AvgIpc) is 2.46. The molecule has 0 bridgehead atoms. The largest absolute Gasteiger partial charge is 0.497 e. The Bertz CT molecular complexity index is 649. The van der Waals surface area contributed by atoms with E-state index in [1.807, 2.05) is 0 Å². The van der Waals surface area contributed by atoms with Gasteiger partial charge in [0.1, 0.15) is 5.75 Å². The highest BCUT2D eigenvalue weighted by Gasteiger charge is 2.25. The fourth-order valence-corrected chi connectivity index (χ4v) is 2.85. The second-order valence-corrected chi connectivity index (χ2v) is 5.89. The van der Waals surface area contributed by atoms with Crippen LogP contribution in [0.5, 0.6) is 5.75 Å². The molecule has 0 aliphatic heterocycles. The van der Waals surface area contributed by atoms with Crippen molar-refractivity contribution < 1.29 is 18.1 Å². The van der Waals surface area contributed by atoms with Crippen molar-refractivity contribution in [1.82, 2.24) is 4.72 Å². The van der Waals surface area contributed by atoms with Crippen LogP contribution in [0, 0.1) is 22.5 Å². The lowest BCUT2D eigenvalue weighted by Crippen LogP contribution is -2.25. The average molecular weight is 312 g/mol. The number of nitrogens with zero attached hydrogens (tertiary/aromatic N) is 1. The highest BCUT2D eigenvalue weighted by Crippen LogP contribution is 2.28. The number of benzene rings is 1. The van der Waals surface area contributed by atoms with Gasteiger partial charge in [0.25, 0.3) is 5.69 Å². The maximum atomic E-state index is 12.1. The number of rotatable bonds is 8. The molecular weight excluding hydrogens is 296 g/mol. The summed E-state index contributed by atoms with van der Waals surface area (Å²) in [5.74, 6) is 2.67. The maximum absolute atomic E-state index is 12.1. The second-order valence-electron chi connectivity index (χ2n) is 4.15. The molecular formula is C13H16N2O5S. The quantitative estimate of drug-likeness (QED) is 0.341. The zero-order valence-corrected chi connectivity index (χ0v) is 12.4. The van der Waals surface area contributed by atoms with E-state index in [-0.39, 0.29) is 17.2 Å². The minimum atomic E-state index is -3.95. The van der Waals surface area contributed by atoms with Crippen molar-refractivity contribution in [2.24, 2.45) is 0 Å². The zero-order chi connectivity index (χ0) is 15.9. The highest BCUT2D eigenvalue weighted by molar-refractivity contribution is 7.89. The molecule has 1 N–H and O–H groups in total. The van der Waals surface area contributed by atoms with Gasteiger partial charge >= 0.3 is 0 Å². The fourth-order valence-electron chi connectivity index (χ4n) is 1.63. The molecule has 0 heterocycles. The third-order valence-corrected chi connectivity index (χ3v) is 4.20. The second kappa shape index (κ2) is 7.61. The van der Waals surface area contributed by atoms with E-state index in [4.69, 9.17) is 11.2 Å². The van der Waals surface area contributed by atoms with Crippen molar-refractivity contribution in [3.05, 3.63) is 28.3 Å². The van der Waals surface area contributed by atoms with Crippen LogP contribution in [-0.4, -0.2) is 27.0 Å². The van der Waals surface area contributed by atoms with Crippen LogP contribution in [0.15, 0.2) is 23.1 Å². The third-order valence-electron chi connectivity index (χ3n) is 2.69. The van der Waals surface area contributed by atoms with E-state index in [1.54, 1.807) is 0 Å². The van der Waals surface area contributed by atoms with Gasteiger partial charge in [-0.05, 0) is 25.0 Å². The van der Waals surface area contributed by atoms with Gasteiger partial charge < -0.3 is 4.74 Å². The molecule has 1 aromatic carbocycles. The van der Waals surface area contributed by atoms with Gasteiger partial charge in [-0.25, -0.2) is 13.1 Å². The van der Waals surface area contributed by atoms with Crippen LogP contribution in [-0.2, 0) is 10.0 Å². The Hall–Kier alpha value is -2.11. The number of terminal acetylenes is 1. The number of hydrogen-bond donors (Lipinski definition) is 1. The molecule has 0 aromatic heterocycles. The molecule has 0 aliphatic rings. The first kappa shape index (κ1) is 16.9. The van der Waals surface area contributed by atoms with Crippen molar-refractivity contribution in [2.75, 3.05) is 13.7 Å². The topological polar surface area (TPSA) is 98.5 Å². The van der Waals surface area contributed by atoms with Crippen LogP contribution in [0.25, 0.3) is 0 Å². The van der Waals surface area contributed by atoms with Gasteiger partial charge in [-0.3, -0.25) is 10.1 Å². The number of nitrogens with one attached hydrogen (secondary N) is 1. The van der Waals surface area contributed by atoms with Crippen molar-refractivity contribution in [1.29, 1.82) is 0 Å². The molecule has 1 aromatic rings. The van der Waals surface area contributed by atoms with Crippen molar-refractivity contribution >= 4 is 15.7 Å². The van der Waals surface area contributed by atoms with Gasteiger partial charge in [0, 0.05) is 13.0 Å². The Labute approximate surface area is 123 Å². The number of sulfonamides is 1. The van der Waals surface area contributed by atoms with Crippen molar-refractivity contribution in [3.63, 3.8) is 0 Å². The molecule has 0 atom stereocenters. The molecule has 0 aliphatic carbocycles. The standard InChI is InChI=1S/C13H16N2O5S/c1-3-4-5-6-9-14-21(18,19)13-8-7-11(20-2)10-12(13)15(16)17/h1,7-8,10,14H,4-6,9H2,2H3. The molecule has 0 spiro atoms. The summed E-state index contributed by atoms with van der Waals surface area (Å²) >= 11 is 0. The molecule has 21 heavy (non-hydrogen) atoms. The van der Waals surface area contributed by atoms with Gasteiger partial charge in [-0.15, -0.1) is 12.3 Å². The first-order valence-electron chi connectivity index (χ1n) is 6.18. The summed E-state index contributed by atoms with van der Waals surface area (Å²) in [6, 6.07) is 3.59. The number of hydrogen-bond acceptors (Lipinski definition) is 5. The monoisotopic (exact) mass is 312 g/mol. The molecule has 8 heteroatoms. The van der Waals surface area contributed by atoms with E-state index >= 15 is 0 Å². The van der Waals surface area contributed by atoms with Gasteiger partial charge in [0.15, 0.2) is 4.90 Å². The van der Waals surface area contributed by atoms with Crippen LogP contribution in [0.3, 0.4) is 0 Å². The number of methoxy groups -OCH3 is 1. The summed E-state index contributed by atoms with van der Waals surface area (Å²) in [5, 5.41) is 11.0. The highest BCUT2D eigenvalue weighted by atomic mass is 32.2. The van der Waals surface area contributed by atoms with Gasteiger partial charge in [0.2, 0.25) is 10.0 Å². The third kappa shape index (κ3) is 4.73. The molecule has 0 fully saturated rings. The van der Waals surface area contributed by atoms with Crippen molar-refractivity contribution in [2.45, 2.75) is 24.2 Å². The molecule has 0 unspecified atom stereocenters. The first-order valence-corrected chi connectivity index (χ1v) is 7.66. The van der Waals surface area contributed by atoms with E-state index in [0.717, 1.165) is 12.1 Å². The summed E-state index contributed by atoms with van der Waals surface area (Å²) in [7, 11) is -2.60. The minimum absolute atomic E-state index is 0.174. The lowest BCUT2D eigenvalue weighted by Gasteiger charge is -2.08. The SMILES string of the molecule is C#CCCCCNS(=O)(=O)c1ccc(OC)cc1[N+](=O)[O-]. The molecule has 1 rings (SSSR count). The number of unbranched alkanes of at least 4 members (excludes halogenated alkanes) is 2. The van der Waals surface area contributed by atoms with E-state index in [1.165, 1.54) is 13.2 Å². The van der Waals surface area contributed by atoms with Gasteiger partial charge in [-0.2, -0.15) is 0 Å². The Kier molecular flexibility index (Phi) is 6.14. The Morgan fingerprint density at radius 1 is 1.43 bits per heavy atom. The molecule has 0 saturated heterocycles. The van der Waals surface area contributed by atoms with Crippen LogP contribution in [0.2, 0.25) is 0 Å². The molecule has 7 nitrogen and oxygen atoms in total. The van der Waals surface area contributed by atoms with E-state index in [9.17, 15) is 18.5 Å². The van der Waals surface area contributed by atoms with Crippen LogP contribution in [0.1, 0.15) is 19.3 Å². The minimum Gasteiger partial charge on any atom is -0.497 e. The lowest BCUT2D eigenvalue weighted by molar-refractivity contribution is -0.387. The zero-order valence-electron chi connectivity index (χ0n) is 11.5. The maximum Gasteiger partial charge on any atom is 0.293 e. The van der Waals surface area contributed by atoms with Crippen LogP contribution >= 0.6 is 0 Å². The van der Waals surface area contributed by atoms with Crippen molar-refractivity contribution in [3.8, 4) is 18.1 Å². The van der Waals surface area contributed by atoms with Gasteiger partial charge in [0.05, 0.1) is 18.1 Å². The summed E-state index contributed by atoms with van der Waals surface area (Å²) < 4.78 is 31.4. The van der Waals surface area contributed by atoms with E-state index in [2.05, 4.69) is 10.6 Å². The predicted molar refractivity (Wildman–Crippen MR) is 77.5 cm³/mol. The molecule has 0 saturated carbocycles. The number of nitro groups is 1. The van der Waals surface area contributed by atoms with Gasteiger partial charge in [-0.1, -0.05) is 0 Å². The van der Waals surface area contributed by atoms with E-state index < -0.39 is 20.6 Å². The number of nitro benzene ring substituents is 1. The van der Waals surface area contributed by atoms with Crippen LogP contribution < -0.4 is 9.46 Å². The summed E-state index contributed by atoms with van der Waals surface area (Å²) in [6.07, 6.45) is 6.90. The normalized spacial score (nSPS) is 10.9. The summed E-state index contributed by atoms with van der Waals surface area (Å²) in [6.45, 7) is 0.174. The molecule has 114 valence electrons. The summed E-state index contributed by atoms with van der Waals surface area (Å²) in [4.78, 5) is 9.85. The Morgan fingerprint density at radius 2 is 2.14 bits per heavy atom. The van der Waals surface area contributed by atoms with Crippen LogP contribution in [0.4, 0.5) is 5.69 Å². The first-order chi connectivity index (χ1) is 9.92. The Balaban J connectivity index is 2.92. The predicted octanol–water partition coefficient (Wildman–Crippen LogP) is 1.69. The molecule has 0 amide bonds. The van der Waals surface area contributed by atoms with E-state index in [0.29, 0.717) is 19.3 Å². The fraction of sp³-hybridized carbons (Fsp3) is 0.385. The Morgan fingerprint density at radius 3 is 2.71 bits per heavy atom. The molecule has 0 radical (unpaired) electrons. The number of ether oxygens (including phenoxy) is 1. The summed E-state index contributed by atoms with van der Waals surface area (Å²) in [5.41, 5.74) is -0.523. The smallest absolute Gasteiger partial charge is 0.293 e. The lowest BCUT2D eigenvalue weighted by atomic mass is 10.2.